The van der Waals surface area contributed by atoms with Crippen molar-refractivity contribution in [2.75, 3.05) is 6.61 Å². The molecule has 9 heteroatoms. The monoisotopic (exact) mass is 296 g/mol. The molecular formula is C11H20O9. The van der Waals surface area contributed by atoms with Crippen LogP contribution in [-0.4, -0.2) is 92.6 Å². The van der Waals surface area contributed by atoms with Gasteiger partial charge in [-0.2, -0.15) is 0 Å². The normalized spacial score (nSPS) is 53.9. The van der Waals surface area contributed by atoms with Crippen molar-refractivity contribution in [3.8, 4) is 0 Å². The SMILES string of the molecule is C[C@@H]1O[C@H](O[C@H]2OC[C@@H](O)[C@H](O)[C@H]2O)[C@H](O)[C@H](O)[C@H]1O. The molecule has 0 spiro atoms. The topological polar surface area (TPSA) is 149 Å². The molecule has 2 heterocycles. The second-order valence-corrected chi connectivity index (χ2v) is 5.07. The second-order valence-electron chi connectivity index (χ2n) is 5.07. The zero-order valence-electron chi connectivity index (χ0n) is 10.8. The molecule has 0 amide bonds. The Hall–Kier alpha value is -0.360. The lowest BCUT2D eigenvalue weighted by Gasteiger charge is -2.42. The Morgan fingerprint density at radius 3 is 2.05 bits per heavy atom. The van der Waals surface area contributed by atoms with Gasteiger partial charge in [0.2, 0.25) is 0 Å². The maximum absolute atomic E-state index is 9.75. The number of aliphatic hydroxyl groups is 6. The van der Waals surface area contributed by atoms with Crippen LogP contribution in [-0.2, 0) is 14.2 Å². The average Bonchev–Trinajstić information content (AvgIpc) is 2.42. The van der Waals surface area contributed by atoms with Crippen LogP contribution in [0.4, 0.5) is 0 Å². The summed E-state index contributed by atoms with van der Waals surface area (Å²) in [7, 11) is 0. The summed E-state index contributed by atoms with van der Waals surface area (Å²) in [6.45, 7) is 1.22. The van der Waals surface area contributed by atoms with Crippen LogP contribution in [0.3, 0.4) is 0 Å². The lowest BCUT2D eigenvalue weighted by atomic mass is 10.00. The van der Waals surface area contributed by atoms with Crippen LogP contribution in [0.1, 0.15) is 6.92 Å². The van der Waals surface area contributed by atoms with Crippen molar-refractivity contribution in [3.63, 3.8) is 0 Å². The molecule has 0 unspecified atom stereocenters. The Balaban J connectivity index is 1.99. The smallest absolute Gasteiger partial charge is 0.189 e. The van der Waals surface area contributed by atoms with Gasteiger partial charge in [-0.1, -0.05) is 0 Å². The summed E-state index contributed by atoms with van der Waals surface area (Å²) in [5.74, 6) is 0. The predicted octanol–water partition coefficient (Wildman–Crippen LogP) is -3.73. The molecule has 20 heavy (non-hydrogen) atoms. The standard InChI is InChI=1S/C11H20O9/c1-3-5(13)7(15)9(17)11(19-3)20-10-8(16)6(14)4(12)2-18-10/h3-17H,2H2,1H3/t3-,4+,5-,6-,7+,8+,9+,10+,11+/m0/s1. The van der Waals surface area contributed by atoms with Crippen molar-refractivity contribution in [2.45, 2.75) is 62.2 Å². The van der Waals surface area contributed by atoms with E-state index >= 15 is 0 Å². The van der Waals surface area contributed by atoms with E-state index < -0.39 is 55.3 Å². The summed E-state index contributed by atoms with van der Waals surface area (Å²) < 4.78 is 15.4. The first-order valence-corrected chi connectivity index (χ1v) is 6.34. The highest BCUT2D eigenvalue weighted by molar-refractivity contribution is 4.89. The van der Waals surface area contributed by atoms with Crippen LogP contribution >= 0.6 is 0 Å². The quantitative estimate of drug-likeness (QED) is 0.302. The maximum atomic E-state index is 9.75. The first kappa shape index (κ1) is 16.0. The van der Waals surface area contributed by atoms with Gasteiger partial charge in [-0.25, -0.2) is 0 Å². The van der Waals surface area contributed by atoms with E-state index in [-0.39, 0.29) is 6.61 Å². The summed E-state index contributed by atoms with van der Waals surface area (Å²) in [6, 6.07) is 0. The predicted molar refractivity (Wildman–Crippen MR) is 61.2 cm³/mol. The highest BCUT2D eigenvalue weighted by Gasteiger charge is 2.46. The molecule has 2 aliphatic heterocycles. The third-order valence-electron chi connectivity index (χ3n) is 3.53. The number of hydrogen-bond acceptors (Lipinski definition) is 9. The third-order valence-corrected chi connectivity index (χ3v) is 3.53. The van der Waals surface area contributed by atoms with Gasteiger partial charge in [-0.3, -0.25) is 0 Å². The summed E-state index contributed by atoms with van der Waals surface area (Å²) in [6.07, 6.45) is -12.0. The maximum Gasteiger partial charge on any atom is 0.189 e. The molecule has 2 saturated heterocycles. The molecule has 0 radical (unpaired) electrons. The molecule has 0 aromatic carbocycles. The first-order valence-electron chi connectivity index (χ1n) is 6.34. The molecule has 2 rings (SSSR count). The molecule has 0 aliphatic carbocycles. The van der Waals surface area contributed by atoms with E-state index in [1.165, 1.54) is 6.92 Å². The molecular weight excluding hydrogens is 276 g/mol. The van der Waals surface area contributed by atoms with Crippen LogP contribution in [0.25, 0.3) is 0 Å². The van der Waals surface area contributed by atoms with Crippen molar-refractivity contribution >= 4 is 0 Å². The van der Waals surface area contributed by atoms with Crippen molar-refractivity contribution in [1.29, 1.82) is 0 Å². The van der Waals surface area contributed by atoms with Crippen LogP contribution in [0.15, 0.2) is 0 Å². The summed E-state index contributed by atoms with van der Waals surface area (Å²) in [4.78, 5) is 0. The van der Waals surface area contributed by atoms with Gasteiger partial charge in [-0.05, 0) is 6.92 Å². The Labute approximate surface area is 114 Å². The van der Waals surface area contributed by atoms with E-state index in [1.807, 2.05) is 0 Å². The number of aliphatic hydroxyl groups excluding tert-OH is 6. The minimum atomic E-state index is -1.54. The van der Waals surface area contributed by atoms with Crippen molar-refractivity contribution in [3.05, 3.63) is 0 Å². The van der Waals surface area contributed by atoms with Crippen LogP contribution in [0, 0.1) is 0 Å². The van der Waals surface area contributed by atoms with Crippen LogP contribution in [0.2, 0.25) is 0 Å². The molecule has 2 fully saturated rings. The Bertz CT molecular complexity index is 327. The largest absolute Gasteiger partial charge is 0.388 e. The Kier molecular flexibility index (Phi) is 4.95. The lowest BCUT2D eigenvalue weighted by Crippen LogP contribution is -2.60. The number of rotatable bonds is 2. The molecule has 0 saturated carbocycles. The molecule has 9 nitrogen and oxygen atoms in total. The van der Waals surface area contributed by atoms with Gasteiger partial charge in [0.1, 0.15) is 36.6 Å². The molecule has 0 aromatic heterocycles. The second kappa shape index (κ2) is 6.18. The first-order chi connectivity index (χ1) is 9.32. The van der Waals surface area contributed by atoms with E-state index in [0.717, 1.165) is 0 Å². The van der Waals surface area contributed by atoms with Gasteiger partial charge < -0.3 is 44.8 Å². The number of ether oxygens (including phenoxy) is 3. The van der Waals surface area contributed by atoms with Crippen LogP contribution in [0.5, 0.6) is 0 Å². The molecule has 0 bridgehead atoms. The zero-order chi connectivity index (χ0) is 15.0. The van der Waals surface area contributed by atoms with Crippen LogP contribution < -0.4 is 0 Å². The molecule has 0 aromatic rings. The molecule has 9 atom stereocenters. The fourth-order valence-corrected chi connectivity index (χ4v) is 2.16. The molecule has 118 valence electrons. The summed E-state index contributed by atoms with van der Waals surface area (Å²) in [5, 5.41) is 57.4. The Morgan fingerprint density at radius 2 is 1.40 bits per heavy atom. The summed E-state index contributed by atoms with van der Waals surface area (Å²) >= 11 is 0. The zero-order valence-corrected chi connectivity index (χ0v) is 10.8. The van der Waals surface area contributed by atoms with Gasteiger partial charge >= 0.3 is 0 Å². The van der Waals surface area contributed by atoms with Crippen molar-refractivity contribution < 1.29 is 44.8 Å². The van der Waals surface area contributed by atoms with E-state index in [0.29, 0.717) is 0 Å². The minimum absolute atomic E-state index is 0.257. The fourth-order valence-electron chi connectivity index (χ4n) is 2.16. The van der Waals surface area contributed by atoms with Gasteiger partial charge in [0.15, 0.2) is 12.6 Å². The number of hydrogen-bond donors (Lipinski definition) is 6. The highest BCUT2D eigenvalue weighted by Crippen LogP contribution is 2.25. The molecule has 6 N–H and O–H groups in total. The van der Waals surface area contributed by atoms with E-state index in [4.69, 9.17) is 14.2 Å². The van der Waals surface area contributed by atoms with Gasteiger partial charge in [0.05, 0.1) is 12.7 Å². The minimum Gasteiger partial charge on any atom is -0.388 e. The Morgan fingerprint density at radius 1 is 0.800 bits per heavy atom. The lowest BCUT2D eigenvalue weighted by molar-refractivity contribution is -0.361. The summed E-state index contributed by atoms with van der Waals surface area (Å²) in [5.41, 5.74) is 0. The molecule has 2 aliphatic rings. The van der Waals surface area contributed by atoms with E-state index in [2.05, 4.69) is 0 Å². The van der Waals surface area contributed by atoms with Gasteiger partial charge in [0.25, 0.3) is 0 Å². The fraction of sp³-hybridized carbons (Fsp3) is 1.00. The average molecular weight is 296 g/mol. The van der Waals surface area contributed by atoms with Crippen molar-refractivity contribution in [2.24, 2.45) is 0 Å². The van der Waals surface area contributed by atoms with Gasteiger partial charge in [-0.15, -0.1) is 0 Å². The van der Waals surface area contributed by atoms with E-state index in [1.54, 1.807) is 0 Å². The highest BCUT2D eigenvalue weighted by atomic mass is 16.8. The van der Waals surface area contributed by atoms with Crippen molar-refractivity contribution in [1.82, 2.24) is 0 Å². The van der Waals surface area contributed by atoms with Gasteiger partial charge in [0, 0.05) is 0 Å². The third kappa shape index (κ3) is 2.96. The van der Waals surface area contributed by atoms with E-state index in [9.17, 15) is 30.6 Å².